The second-order valence-electron chi connectivity index (χ2n) is 6.02. The molecule has 0 amide bonds. The topological polar surface area (TPSA) is 30.7 Å². The van der Waals surface area contributed by atoms with E-state index in [1.54, 1.807) is 0 Å². The molecule has 20 heavy (non-hydrogen) atoms. The fourth-order valence-corrected chi connectivity index (χ4v) is 2.62. The first-order chi connectivity index (χ1) is 9.49. The van der Waals surface area contributed by atoms with E-state index in [1.165, 1.54) is 5.56 Å². The molecule has 4 heteroatoms. The lowest BCUT2D eigenvalue weighted by atomic mass is 9.83. The molecule has 0 aliphatic heterocycles. The monoisotopic (exact) mass is 291 g/mol. The zero-order valence-corrected chi connectivity index (χ0v) is 13.4. The molecule has 0 radical (unpaired) electrons. The number of alkyl halides is 1. The van der Waals surface area contributed by atoms with Crippen LogP contribution in [-0.2, 0) is 17.8 Å². The van der Waals surface area contributed by atoms with Gasteiger partial charge in [-0.05, 0) is 17.4 Å². The summed E-state index contributed by atoms with van der Waals surface area (Å²) in [6, 6.07) is 8.42. The molecule has 0 aliphatic rings. The van der Waals surface area contributed by atoms with E-state index in [4.69, 9.17) is 11.6 Å². The first kappa shape index (κ1) is 15.0. The van der Waals surface area contributed by atoms with Crippen molar-refractivity contribution in [3.63, 3.8) is 0 Å². The highest BCUT2D eigenvalue weighted by Crippen LogP contribution is 2.32. The summed E-state index contributed by atoms with van der Waals surface area (Å²) in [5.74, 6) is 2.16. The molecule has 108 valence electrons. The van der Waals surface area contributed by atoms with Gasteiger partial charge in [0, 0.05) is 12.1 Å². The van der Waals surface area contributed by atoms with Crippen molar-refractivity contribution in [3.05, 3.63) is 35.7 Å². The van der Waals surface area contributed by atoms with E-state index >= 15 is 0 Å². The number of aromatic nitrogens is 3. The van der Waals surface area contributed by atoms with Gasteiger partial charge in [0.15, 0.2) is 5.82 Å². The van der Waals surface area contributed by atoms with Crippen molar-refractivity contribution in [2.45, 2.75) is 52.0 Å². The Balaban J connectivity index is 2.60. The third-order valence-electron chi connectivity index (χ3n) is 3.37. The first-order valence-corrected chi connectivity index (χ1v) is 7.60. The Kier molecular flexibility index (Phi) is 4.48. The average molecular weight is 292 g/mol. The van der Waals surface area contributed by atoms with E-state index in [0.29, 0.717) is 5.88 Å². The number of benzene rings is 1. The minimum absolute atomic E-state index is 0.0702. The van der Waals surface area contributed by atoms with Crippen LogP contribution >= 0.6 is 11.6 Å². The van der Waals surface area contributed by atoms with Crippen LogP contribution in [0.5, 0.6) is 0 Å². The van der Waals surface area contributed by atoms with E-state index in [1.807, 2.05) is 0 Å². The van der Waals surface area contributed by atoms with E-state index < -0.39 is 0 Å². The average Bonchev–Trinajstić information content (AvgIpc) is 2.81. The van der Waals surface area contributed by atoms with E-state index in [2.05, 4.69) is 66.7 Å². The van der Waals surface area contributed by atoms with Crippen LogP contribution in [0.3, 0.4) is 0 Å². The smallest absolute Gasteiger partial charge is 0.164 e. The molecule has 0 unspecified atom stereocenters. The molecule has 0 atom stereocenters. The van der Waals surface area contributed by atoms with E-state index in [9.17, 15) is 0 Å². The Bertz CT molecular complexity index is 582. The van der Waals surface area contributed by atoms with Crippen molar-refractivity contribution in [1.29, 1.82) is 0 Å². The molecule has 1 aromatic carbocycles. The van der Waals surface area contributed by atoms with Gasteiger partial charge in [-0.2, -0.15) is 0 Å². The maximum atomic E-state index is 5.97. The molecule has 2 aromatic rings. The maximum Gasteiger partial charge on any atom is 0.164 e. The minimum atomic E-state index is 0.0702. The molecular formula is C16H22ClN3. The number of rotatable bonds is 4. The lowest BCUT2D eigenvalue weighted by Crippen LogP contribution is -2.14. The molecule has 2 rings (SSSR count). The summed E-state index contributed by atoms with van der Waals surface area (Å²) in [4.78, 5) is 0. The molecule has 0 fully saturated rings. The predicted octanol–water partition coefficient (Wildman–Crippen LogP) is 4.39. The van der Waals surface area contributed by atoms with Crippen LogP contribution in [0.1, 0.15) is 45.5 Å². The standard InChI is InChI=1S/C16H22ClN3/c1-5-10-20-14(11-17)18-19-15(20)12-8-6-7-9-13(12)16(2,3)4/h6-9H,5,10-11H2,1-4H3. The summed E-state index contributed by atoms with van der Waals surface area (Å²) >= 11 is 5.97. The number of hydrogen-bond acceptors (Lipinski definition) is 2. The van der Waals surface area contributed by atoms with Gasteiger partial charge in [0.2, 0.25) is 0 Å². The van der Waals surface area contributed by atoms with Gasteiger partial charge in [-0.1, -0.05) is 52.0 Å². The van der Waals surface area contributed by atoms with Gasteiger partial charge in [-0.25, -0.2) is 0 Å². The summed E-state index contributed by atoms with van der Waals surface area (Å²) in [5, 5.41) is 8.61. The Hall–Kier alpha value is -1.35. The van der Waals surface area contributed by atoms with Crippen LogP contribution in [0.4, 0.5) is 0 Å². The van der Waals surface area contributed by atoms with Crippen LogP contribution in [0.25, 0.3) is 11.4 Å². The fourth-order valence-electron chi connectivity index (χ4n) is 2.42. The Morgan fingerprint density at radius 2 is 1.85 bits per heavy atom. The SMILES string of the molecule is CCCn1c(CCl)nnc1-c1ccccc1C(C)(C)C. The minimum Gasteiger partial charge on any atom is -0.310 e. The van der Waals surface area contributed by atoms with Crippen LogP contribution in [0, 0.1) is 0 Å². The van der Waals surface area contributed by atoms with Gasteiger partial charge in [-0.15, -0.1) is 21.8 Å². The third kappa shape index (κ3) is 2.88. The summed E-state index contributed by atoms with van der Waals surface area (Å²) in [6.45, 7) is 9.69. The zero-order chi connectivity index (χ0) is 14.8. The van der Waals surface area contributed by atoms with Gasteiger partial charge in [0.05, 0.1) is 5.88 Å². The maximum absolute atomic E-state index is 5.97. The van der Waals surface area contributed by atoms with Crippen molar-refractivity contribution in [2.75, 3.05) is 0 Å². The molecule has 0 bridgehead atoms. The second kappa shape index (κ2) is 5.96. The predicted molar refractivity (Wildman–Crippen MR) is 84.0 cm³/mol. The van der Waals surface area contributed by atoms with Crippen LogP contribution in [-0.4, -0.2) is 14.8 Å². The number of halogens is 1. The first-order valence-electron chi connectivity index (χ1n) is 7.07. The van der Waals surface area contributed by atoms with Crippen LogP contribution in [0.2, 0.25) is 0 Å². The summed E-state index contributed by atoms with van der Waals surface area (Å²) in [7, 11) is 0. The van der Waals surface area contributed by atoms with Gasteiger partial charge < -0.3 is 4.57 Å². The third-order valence-corrected chi connectivity index (χ3v) is 3.61. The number of nitrogens with zero attached hydrogens (tertiary/aromatic N) is 3. The van der Waals surface area contributed by atoms with Gasteiger partial charge >= 0.3 is 0 Å². The fraction of sp³-hybridized carbons (Fsp3) is 0.500. The summed E-state index contributed by atoms with van der Waals surface area (Å²) in [6.07, 6.45) is 1.03. The largest absolute Gasteiger partial charge is 0.310 e. The summed E-state index contributed by atoms with van der Waals surface area (Å²) in [5.41, 5.74) is 2.50. The van der Waals surface area contributed by atoms with Gasteiger partial charge in [0.25, 0.3) is 0 Å². The Morgan fingerprint density at radius 1 is 1.15 bits per heavy atom. The van der Waals surface area contributed by atoms with Crippen molar-refractivity contribution in [2.24, 2.45) is 0 Å². The molecule has 0 aliphatic carbocycles. The van der Waals surface area contributed by atoms with Crippen molar-refractivity contribution >= 4 is 11.6 Å². The van der Waals surface area contributed by atoms with Crippen LogP contribution in [0.15, 0.2) is 24.3 Å². The molecule has 3 nitrogen and oxygen atoms in total. The normalized spacial score (nSPS) is 11.8. The highest BCUT2D eigenvalue weighted by molar-refractivity contribution is 6.16. The van der Waals surface area contributed by atoms with Crippen LogP contribution < -0.4 is 0 Å². The highest BCUT2D eigenvalue weighted by atomic mass is 35.5. The molecule has 0 saturated carbocycles. The molecule has 0 saturated heterocycles. The lowest BCUT2D eigenvalue weighted by Gasteiger charge is -2.22. The Morgan fingerprint density at radius 3 is 2.45 bits per heavy atom. The van der Waals surface area contributed by atoms with E-state index in [0.717, 1.165) is 30.2 Å². The Labute approximate surface area is 126 Å². The van der Waals surface area contributed by atoms with Crippen molar-refractivity contribution in [3.8, 4) is 11.4 Å². The molecular weight excluding hydrogens is 270 g/mol. The van der Waals surface area contributed by atoms with E-state index in [-0.39, 0.29) is 5.41 Å². The molecule has 1 aromatic heterocycles. The summed E-state index contributed by atoms with van der Waals surface area (Å²) < 4.78 is 2.14. The van der Waals surface area contributed by atoms with Gasteiger partial charge in [-0.3, -0.25) is 0 Å². The zero-order valence-electron chi connectivity index (χ0n) is 12.7. The second-order valence-corrected chi connectivity index (χ2v) is 6.29. The lowest BCUT2D eigenvalue weighted by molar-refractivity contribution is 0.589. The van der Waals surface area contributed by atoms with Crippen molar-refractivity contribution in [1.82, 2.24) is 14.8 Å². The molecule has 0 spiro atoms. The highest BCUT2D eigenvalue weighted by Gasteiger charge is 2.22. The molecule has 0 N–H and O–H groups in total. The quantitative estimate of drug-likeness (QED) is 0.782. The van der Waals surface area contributed by atoms with Gasteiger partial charge in [0.1, 0.15) is 5.82 Å². The number of hydrogen-bond donors (Lipinski definition) is 0. The van der Waals surface area contributed by atoms with Crippen molar-refractivity contribution < 1.29 is 0 Å². The molecule has 1 heterocycles.